The molecule has 0 spiro atoms. The average Bonchev–Trinajstić information content (AvgIpc) is 2.95. The van der Waals surface area contributed by atoms with E-state index in [9.17, 15) is 0 Å². The molecule has 104 valence electrons. The predicted molar refractivity (Wildman–Crippen MR) is 73.5 cm³/mol. The van der Waals surface area contributed by atoms with E-state index in [2.05, 4.69) is 34.3 Å². The van der Waals surface area contributed by atoms with Crippen LogP contribution in [0.2, 0.25) is 0 Å². The van der Waals surface area contributed by atoms with Gasteiger partial charge in [0.25, 0.3) is 0 Å². The molecule has 0 aliphatic heterocycles. The van der Waals surface area contributed by atoms with Gasteiger partial charge in [-0.1, -0.05) is 13.8 Å². The summed E-state index contributed by atoms with van der Waals surface area (Å²) in [5.74, 6) is 1.50. The van der Waals surface area contributed by atoms with Crippen LogP contribution in [0.5, 0.6) is 0 Å². The molecule has 0 saturated heterocycles. The fourth-order valence-corrected chi connectivity index (χ4v) is 1.84. The molecule has 0 amide bonds. The summed E-state index contributed by atoms with van der Waals surface area (Å²) in [4.78, 5) is 4.30. The number of nitrogens with one attached hydrogen (secondary N) is 1. The van der Waals surface area contributed by atoms with Crippen molar-refractivity contribution < 1.29 is 0 Å². The summed E-state index contributed by atoms with van der Waals surface area (Å²) in [5, 5.41) is 11.9. The highest BCUT2D eigenvalue weighted by Crippen LogP contribution is 2.00. The molecule has 2 aromatic heterocycles. The Balaban J connectivity index is 1.77. The zero-order valence-electron chi connectivity index (χ0n) is 11.9. The standard InChI is InChI=1S/C13H22N6/c1-11(2)6-14-8-13-15-10-19(17-13)5-4-12-7-16-18(3)9-12/h7,9-11,14H,4-6,8H2,1-3H3. The van der Waals surface area contributed by atoms with Gasteiger partial charge in [0, 0.05) is 19.8 Å². The number of aryl methyl sites for hydroxylation is 3. The minimum Gasteiger partial charge on any atom is -0.310 e. The third kappa shape index (κ3) is 4.48. The molecular formula is C13H22N6. The minimum atomic E-state index is 0.646. The summed E-state index contributed by atoms with van der Waals surface area (Å²) in [7, 11) is 1.93. The van der Waals surface area contributed by atoms with Crippen LogP contribution >= 0.6 is 0 Å². The fourth-order valence-electron chi connectivity index (χ4n) is 1.84. The molecule has 2 rings (SSSR count). The van der Waals surface area contributed by atoms with Gasteiger partial charge in [0.1, 0.15) is 6.33 Å². The molecule has 0 aliphatic rings. The van der Waals surface area contributed by atoms with E-state index < -0.39 is 0 Å². The van der Waals surface area contributed by atoms with Crippen LogP contribution in [0.25, 0.3) is 0 Å². The molecular weight excluding hydrogens is 240 g/mol. The second-order valence-corrected chi connectivity index (χ2v) is 5.22. The van der Waals surface area contributed by atoms with E-state index in [1.165, 1.54) is 5.56 Å². The second-order valence-electron chi connectivity index (χ2n) is 5.22. The van der Waals surface area contributed by atoms with Crippen LogP contribution in [0.4, 0.5) is 0 Å². The van der Waals surface area contributed by atoms with Crippen molar-refractivity contribution in [2.45, 2.75) is 33.4 Å². The lowest BCUT2D eigenvalue weighted by Crippen LogP contribution is -2.19. The van der Waals surface area contributed by atoms with Crippen LogP contribution in [0, 0.1) is 5.92 Å². The Kier molecular flexibility index (Phi) is 4.68. The summed E-state index contributed by atoms with van der Waals surface area (Å²) >= 11 is 0. The first-order valence-corrected chi connectivity index (χ1v) is 6.70. The molecule has 0 radical (unpaired) electrons. The van der Waals surface area contributed by atoms with Gasteiger partial charge in [-0.15, -0.1) is 0 Å². The molecule has 0 fully saturated rings. The normalized spacial score (nSPS) is 11.4. The average molecular weight is 262 g/mol. The van der Waals surface area contributed by atoms with Crippen LogP contribution in [-0.4, -0.2) is 31.1 Å². The van der Waals surface area contributed by atoms with E-state index in [0.717, 1.165) is 31.9 Å². The Labute approximate surface area is 113 Å². The lowest BCUT2D eigenvalue weighted by Gasteiger charge is -2.04. The Morgan fingerprint density at radius 1 is 1.37 bits per heavy atom. The summed E-state index contributed by atoms with van der Waals surface area (Å²) < 4.78 is 3.71. The maximum Gasteiger partial charge on any atom is 0.164 e. The monoisotopic (exact) mass is 262 g/mol. The van der Waals surface area contributed by atoms with Crippen molar-refractivity contribution in [1.29, 1.82) is 0 Å². The van der Waals surface area contributed by atoms with Gasteiger partial charge in [-0.2, -0.15) is 10.2 Å². The molecule has 0 atom stereocenters. The van der Waals surface area contributed by atoms with Crippen LogP contribution < -0.4 is 5.32 Å². The number of rotatable bonds is 7. The molecule has 2 aromatic rings. The van der Waals surface area contributed by atoms with Gasteiger partial charge in [-0.05, 0) is 24.4 Å². The third-order valence-corrected chi connectivity index (χ3v) is 2.81. The van der Waals surface area contributed by atoms with Crippen LogP contribution in [0.3, 0.4) is 0 Å². The van der Waals surface area contributed by atoms with Gasteiger partial charge in [-0.3, -0.25) is 9.36 Å². The molecule has 6 nitrogen and oxygen atoms in total. The smallest absolute Gasteiger partial charge is 0.164 e. The maximum absolute atomic E-state index is 4.44. The number of nitrogens with zero attached hydrogens (tertiary/aromatic N) is 5. The largest absolute Gasteiger partial charge is 0.310 e. The van der Waals surface area contributed by atoms with Crippen molar-refractivity contribution in [2.24, 2.45) is 13.0 Å². The zero-order valence-corrected chi connectivity index (χ0v) is 11.9. The van der Waals surface area contributed by atoms with Gasteiger partial charge in [0.15, 0.2) is 5.82 Å². The van der Waals surface area contributed by atoms with Crippen molar-refractivity contribution >= 4 is 0 Å². The summed E-state index contributed by atoms with van der Waals surface area (Å²) in [6.45, 7) is 6.94. The van der Waals surface area contributed by atoms with Gasteiger partial charge in [-0.25, -0.2) is 4.98 Å². The SMILES string of the molecule is CC(C)CNCc1ncn(CCc2cnn(C)c2)n1. The number of hydrogen-bond acceptors (Lipinski definition) is 4. The summed E-state index contributed by atoms with van der Waals surface area (Å²) in [6.07, 6.45) is 6.64. The van der Waals surface area contributed by atoms with Crippen molar-refractivity contribution in [3.8, 4) is 0 Å². The van der Waals surface area contributed by atoms with Crippen molar-refractivity contribution in [1.82, 2.24) is 29.9 Å². The van der Waals surface area contributed by atoms with Crippen LogP contribution in [-0.2, 0) is 26.6 Å². The van der Waals surface area contributed by atoms with Crippen molar-refractivity contribution in [3.63, 3.8) is 0 Å². The Hall–Kier alpha value is -1.69. The molecule has 0 bridgehead atoms. The second kappa shape index (κ2) is 6.47. The lowest BCUT2D eigenvalue weighted by molar-refractivity contribution is 0.536. The fraction of sp³-hybridized carbons (Fsp3) is 0.615. The molecule has 0 aliphatic carbocycles. The van der Waals surface area contributed by atoms with Crippen molar-refractivity contribution in [2.75, 3.05) is 6.54 Å². The molecule has 1 N–H and O–H groups in total. The third-order valence-electron chi connectivity index (χ3n) is 2.81. The first-order chi connectivity index (χ1) is 9.13. The Bertz CT molecular complexity index is 499. The highest BCUT2D eigenvalue weighted by Gasteiger charge is 2.02. The number of aromatic nitrogens is 5. The Morgan fingerprint density at radius 2 is 2.21 bits per heavy atom. The van der Waals surface area contributed by atoms with Gasteiger partial charge < -0.3 is 5.32 Å². The zero-order chi connectivity index (χ0) is 13.7. The van der Waals surface area contributed by atoms with Crippen LogP contribution in [0.15, 0.2) is 18.7 Å². The predicted octanol–water partition coefficient (Wildman–Crippen LogP) is 1.000. The van der Waals surface area contributed by atoms with Crippen LogP contribution in [0.1, 0.15) is 25.2 Å². The first-order valence-electron chi connectivity index (χ1n) is 6.70. The maximum atomic E-state index is 4.44. The summed E-state index contributed by atoms with van der Waals surface area (Å²) in [5.41, 5.74) is 1.22. The minimum absolute atomic E-state index is 0.646. The summed E-state index contributed by atoms with van der Waals surface area (Å²) in [6, 6.07) is 0. The van der Waals surface area contributed by atoms with E-state index in [4.69, 9.17) is 0 Å². The topological polar surface area (TPSA) is 60.6 Å². The van der Waals surface area contributed by atoms with Crippen molar-refractivity contribution in [3.05, 3.63) is 30.1 Å². The Morgan fingerprint density at radius 3 is 2.89 bits per heavy atom. The van der Waals surface area contributed by atoms with Gasteiger partial charge in [0.2, 0.25) is 0 Å². The molecule has 2 heterocycles. The quantitative estimate of drug-likeness (QED) is 0.808. The van der Waals surface area contributed by atoms with E-state index in [1.807, 2.05) is 28.8 Å². The van der Waals surface area contributed by atoms with Gasteiger partial charge >= 0.3 is 0 Å². The molecule has 0 aromatic carbocycles. The molecule has 19 heavy (non-hydrogen) atoms. The highest BCUT2D eigenvalue weighted by molar-refractivity contribution is 5.03. The molecule has 6 heteroatoms. The van der Waals surface area contributed by atoms with E-state index in [0.29, 0.717) is 5.92 Å². The number of hydrogen-bond donors (Lipinski definition) is 1. The van der Waals surface area contributed by atoms with E-state index in [-0.39, 0.29) is 0 Å². The molecule has 0 saturated carbocycles. The highest BCUT2D eigenvalue weighted by atomic mass is 15.3. The lowest BCUT2D eigenvalue weighted by atomic mass is 10.2. The molecule has 0 unspecified atom stereocenters. The van der Waals surface area contributed by atoms with E-state index in [1.54, 1.807) is 6.33 Å². The van der Waals surface area contributed by atoms with E-state index >= 15 is 0 Å². The van der Waals surface area contributed by atoms with Gasteiger partial charge in [0.05, 0.1) is 12.7 Å². The first kappa shape index (κ1) is 13.7.